The number of benzene rings is 1. The number of aromatic nitrogens is 1. The van der Waals surface area contributed by atoms with Crippen molar-refractivity contribution in [3.63, 3.8) is 0 Å². The molecule has 2 fully saturated rings. The average Bonchev–Trinajstić information content (AvgIpc) is 2.62. The Labute approximate surface area is 136 Å². The van der Waals surface area contributed by atoms with E-state index < -0.39 is 0 Å². The fourth-order valence-electron chi connectivity index (χ4n) is 3.99. The highest BCUT2D eigenvalue weighted by atomic mass is 16.2. The van der Waals surface area contributed by atoms with Gasteiger partial charge in [0, 0.05) is 18.5 Å². The Morgan fingerprint density at radius 3 is 2.52 bits per heavy atom. The molecule has 2 aromatic rings. The largest absolute Gasteiger partial charge is 0.337 e. The zero-order chi connectivity index (χ0) is 15.7. The number of likely N-dealkylation sites (tertiary alicyclic amines) is 1. The van der Waals surface area contributed by atoms with Gasteiger partial charge in [-0.15, -0.1) is 0 Å². The van der Waals surface area contributed by atoms with Crippen molar-refractivity contribution < 1.29 is 4.79 Å². The second-order valence-electron chi connectivity index (χ2n) is 6.93. The lowest BCUT2D eigenvalue weighted by Crippen LogP contribution is -2.47. The van der Waals surface area contributed by atoms with E-state index in [-0.39, 0.29) is 5.91 Å². The number of amides is 1. The van der Waals surface area contributed by atoms with E-state index >= 15 is 0 Å². The van der Waals surface area contributed by atoms with Crippen LogP contribution in [0, 0.1) is 5.41 Å². The van der Waals surface area contributed by atoms with Gasteiger partial charge in [0.2, 0.25) is 0 Å². The quantitative estimate of drug-likeness (QED) is 0.881. The molecule has 0 aliphatic carbocycles. The highest BCUT2D eigenvalue weighted by Crippen LogP contribution is 2.39. The predicted octanol–water partition coefficient (Wildman–Crippen LogP) is 2.84. The molecule has 2 aliphatic heterocycles. The fourth-order valence-corrected chi connectivity index (χ4v) is 3.99. The van der Waals surface area contributed by atoms with Crippen LogP contribution in [0.15, 0.2) is 36.4 Å². The average molecular weight is 309 g/mol. The summed E-state index contributed by atoms with van der Waals surface area (Å²) >= 11 is 0. The maximum absolute atomic E-state index is 12.8. The number of carbonyl (C=O) groups excluding carboxylic acids is 1. The first kappa shape index (κ1) is 14.6. The van der Waals surface area contributed by atoms with Crippen LogP contribution in [-0.2, 0) is 0 Å². The molecular formula is C19H23N3O. The maximum Gasteiger partial charge on any atom is 0.272 e. The van der Waals surface area contributed by atoms with Crippen molar-refractivity contribution in [3.05, 3.63) is 42.1 Å². The highest BCUT2D eigenvalue weighted by Gasteiger charge is 2.36. The van der Waals surface area contributed by atoms with E-state index in [1.54, 1.807) is 0 Å². The number of carbonyl (C=O) groups is 1. The summed E-state index contributed by atoms with van der Waals surface area (Å²) in [4.78, 5) is 19.3. The molecule has 3 heterocycles. The third kappa shape index (κ3) is 2.83. The van der Waals surface area contributed by atoms with Crippen molar-refractivity contribution in [1.82, 2.24) is 15.2 Å². The number of hydrogen-bond acceptors (Lipinski definition) is 3. The van der Waals surface area contributed by atoms with E-state index in [0.29, 0.717) is 11.1 Å². The molecule has 1 N–H and O–H groups in total. The molecule has 23 heavy (non-hydrogen) atoms. The number of rotatable bonds is 1. The third-order valence-corrected chi connectivity index (χ3v) is 5.59. The van der Waals surface area contributed by atoms with E-state index in [1.165, 1.54) is 12.8 Å². The van der Waals surface area contributed by atoms with Crippen LogP contribution in [0.1, 0.15) is 36.2 Å². The minimum Gasteiger partial charge on any atom is -0.337 e. The Morgan fingerprint density at radius 2 is 1.74 bits per heavy atom. The molecule has 0 bridgehead atoms. The Balaban J connectivity index is 1.48. The van der Waals surface area contributed by atoms with Crippen LogP contribution in [0.3, 0.4) is 0 Å². The van der Waals surface area contributed by atoms with Gasteiger partial charge in [-0.05, 0) is 56.3 Å². The van der Waals surface area contributed by atoms with Gasteiger partial charge in [-0.1, -0.05) is 24.3 Å². The number of nitrogens with zero attached hydrogens (tertiary/aromatic N) is 2. The molecule has 0 unspecified atom stereocenters. The number of hydrogen-bond donors (Lipinski definition) is 1. The number of para-hydroxylation sites is 1. The highest BCUT2D eigenvalue weighted by molar-refractivity contribution is 5.95. The first-order valence-corrected chi connectivity index (χ1v) is 8.62. The van der Waals surface area contributed by atoms with Crippen molar-refractivity contribution in [2.45, 2.75) is 25.7 Å². The van der Waals surface area contributed by atoms with Crippen LogP contribution >= 0.6 is 0 Å². The van der Waals surface area contributed by atoms with Gasteiger partial charge in [0.25, 0.3) is 5.91 Å². The van der Waals surface area contributed by atoms with Crippen LogP contribution in [0.4, 0.5) is 0 Å². The Kier molecular flexibility index (Phi) is 3.77. The molecule has 4 heteroatoms. The van der Waals surface area contributed by atoms with Gasteiger partial charge < -0.3 is 10.2 Å². The minimum absolute atomic E-state index is 0.0829. The molecular weight excluding hydrogens is 286 g/mol. The Hall–Kier alpha value is -1.94. The molecule has 1 aromatic heterocycles. The number of nitrogens with one attached hydrogen (secondary N) is 1. The predicted molar refractivity (Wildman–Crippen MR) is 91.4 cm³/mol. The zero-order valence-corrected chi connectivity index (χ0v) is 13.4. The number of piperidine rings is 2. The van der Waals surface area contributed by atoms with Gasteiger partial charge in [0.05, 0.1) is 5.52 Å². The van der Waals surface area contributed by atoms with Crippen molar-refractivity contribution in [2.75, 3.05) is 26.2 Å². The van der Waals surface area contributed by atoms with Crippen molar-refractivity contribution >= 4 is 16.8 Å². The van der Waals surface area contributed by atoms with Crippen molar-refractivity contribution in [3.8, 4) is 0 Å². The molecule has 0 radical (unpaired) electrons. The molecule has 120 valence electrons. The van der Waals surface area contributed by atoms with Crippen LogP contribution < -0.4 is 5.32 Å². The molecule has 2 saturated heterocycles. The molecule has 2 aliphatic rings. The lowest BCUT2D eigenvalue weighted by atomic mass is 9.71. The molecule has 4 rings (SSSR count). The minimum atomic E-state index is 0.0829. The lowest BCUT2D eigenvalue weighted by molar-refractivity contribution is 0.0491. The van der Waals surface area contributed by atoms with Gasteiger partial charge in [-0.25, -0.2) is 4.98 Å². The fraction of sp³-hybridized carbons (Fsp3) is 0.474. The summed E-state index contributed by atoms with van der Waals surface area (Å²) < 4.78 is 0. The number of pyridine rings is 1. The second kappa shape index (κ2) is 5.93. The van der Waals surface area contributed by atoms with Gasteiger partial charge in [-0.2, -0.15) is 0 Å². The van der Waals surface area contributed by atoms with Gasteiger partial charge in [0.15, 0.2) is 0 Å². The number of fused-ring (bicyclic) bond motifs is 1. The maximum atomic E-state index is 12.8. The van der Waals surface area contributed by atoms with E-state index in [2.05, 4.69) is 10.3 Å². The topological polar surface area (TPSA) is 45.2 Å². The molecule has 1 spiro atoms. The smallest absolute Gasteiger partial charge is 0.272 e. The summed E-state index contributed by atoms with van der Waals surface area (Å²) in [5.41, 5.74) is 1.94. The summed E-state index contributed by atoms with van der Waals surface area (Å²) in [6.07, 6.45) is 4.77. The zero-order valence-electron chi connectivity index (χ0n) is 13.4. The third-order valence-electron chi connectivity index (χ3n) is 5.59. The molecule has 0 atom stereocenters. The van der Waals surface area contributed by atoms with Crippen LogP contribution in [-0.4, -0.2) is 42.0 Å². The molecule has 1 amide bonds. The van der Waals surface area contributed by atoms with Crippen molar-refractivity contribution in [1.29, 1.82) is 0 Å². The second-order valence-corrected chi connectivity index (χ2v) is 6.93. The lowest BCUT2D eigenvalue weighted by Gasteiger charge is -2.44. The Bertz CT molecular complexity index is 711. The first-order chi connectivity index (χ1) is 11.3. The molecule has 0 saturated carbocycles. The summed E-state index contributed by atoms with van der Waals surface area (Å²) in [5, 5.41) is 4.52. The Morgan fingerprint density at radius 1 is 1.00 bits per heavy atom. The van der Waals surface area contributed by atoms with E-state index in [0.717, 1.165) is 49.9 Å². The van der Waals surface area contributed by atoms with Crippen LogP contribution in [0.25, 0.3) is 10.9 Å². The van der Waals surface area contributed by atoms with Gasteiger partial charge in [0.1, 0.15) is 5.69 Å². The summed E-state index contributed by atoms with van der Waals surface area (Å²) in [6, 6.07) is 11.8. The van der Waals surface area contributed by atoms with Gasteiger partial charge in [-0.3, -0.25) is 4.79 Å². The van der Waals surface area contributed by atoms with Crippen molar-refractivity contribution in [2.24, 2.45) is 5.41 Å². The van der Waals surface area contributed by atoms with E-state index in [1.807, 2.05) is 41.3 Å². The first-order valence-electron chi connectivity index (χ1n) is 8.62. The summed E-state index contributed by atoms with van der Waals surface area (Å²) in [7, 11) is 0. The normalized spacial score (nSPS) is 20.8. The standard InChI is InChI=1S/C19H23N3O/c23-18(17-6-5-15-3-1-2-4-16(15)21-17)22-13-9-19(10-14-22)7-11-20-12-8-19/h1-6,20H,7-14H2. The van der Waals surface area contributed by atoms with Crippen LogP contribution in [0.2, 0.25) is 0 Å². The SMILES string of the molecule is O=C(c1ccc2ccccc2n1)N1CCC2(CCNCC2)CC1. The summed E-state index contributed by atoms with van der Waals surface area (Å²) in [6.45, 7) is 3.99. The monoisotopic (exact) mass is 309 g/mol. The van der Waals surface area contributed by atoms with E-state index in [9.17, 15) is 4.79 Å². The molecule has 4 nitrogen and oxygen atoms in total. The summed E-state index contributed by atoms with van der Waals surface area (Å²) in [5.74, 6) is 0.0829. The van der Waals surface area contributed by atoms with E-state index in [4.69, 9.17) is 0 Å². The molecule has 1 aromatic carbocycles. The van der Waals surface area contributed by atoms with Gasteiger partial charge >= 0.3 is 0 Å². The van der Waals surface area contributed by atoms with Crippen LogP contribution in [0.5, 0.6) is 0 Å².